The summed E-state index contributed by atoms with van der Waals surface area (Å²) in [5, 5.41) is 7.51. The van der Waals surface area contributed by atoms with E-state index in [9.17, 15) is 8.42 Å². The number of hydrogen-bond acceptors (Lipinski definition) is 5. The van der Waals surface area contributed by atoms with E-state index in [-0.39, 0.29) is 22.2 Å². The number of halogens is 1. The molecule has 2 aromatic rings. The first-order valence-corrected chi connectivity index (χ1v) is 7.14. The van der Waals surface area contributed by atoms with Gasteiger partial charge < -0.3 is 10.3 Å². The van der Waals surface area contributed by atoms with Gasteiger partial charge in [-0.1, -0.05) is 17.7 Å². The molecule has 1 aromatic carbocycles. The number of benzene rings is 1. The summed E-state index contributed by atoms with van der Waals surface area (Å²) >= 11 is 5.87. The van der Waals surface area contributed by atoms with Gasteiger partial charge in [0.2, 0.25) is 10.0 Å². The number of aromatic nitrogens is 3. The molecule has 1 aromatic heterocycles. The summed E-state index contributed by atoms with van der Waals surface area (Å²) in [5.74, 6) is 0.481. The van der Waals surface area contributed by atoms with E-state index in [1.54, 1.807) is 17.7 Å². The van der Waals surface area contributed by atoms with Gasteiger partial charge >= 0.3 is 0 Å². The van der Waals surface area contributed by atoms with Crippen molar-refractivity contribution in [3.8, 4) is 0 Å². The van der Waals surface area contributed by atoms with E-state index in [4.69, 9.17) is 17.3 Å². The third-order valence-electron chi connectivity index (χ3n) is 2.49. The van der Waals surface area contributed by atoms with Crippen LogP contribution in [0.3, 0.4) is 0 Å². The molecule has 0 radical (unpaired) electrons. The first kappa shape index (κ1) is 13.8. The molecule has 2 rings (SSSR count). The van der Waals surface area contributed by atoms with E-state index in [1.807, 2.05) is 0 Å². The molecule has 19 heavy (non-hydrogen) atoms. The van der Waals surface area contributed by atoms with E-state index in [1.165, 1.54) is 18.5 Å². The van der Waals surface area contributed by atoms with Gasteiger partial charge in [0, 0.05) is 7.05 Å². The third kappa shape index (κ3) is 2.86. The number of aryl methyl sites for hydroxylation is 1. The quantitative estimate of drug-likeness (QED) is 0.802. The lowest BCUT2D eigenvalue weighted by Gasteiger charge is -2.10. The molecular formula is C10H12ClN5O2S. The zero-order valence-corrected chi connectivity index (χ0v) is 11.6. The Morgan fingerprint density at radius 3 is 2.79 bits per heavy atom. The first-order chi connectivity index (χ1) is 8.92. The minimum atomic E-state index is -3.80. The number of sulfonamides is 1. The van der Waals surface area contributed by atoms with Gasteiger partial charge in [0.15, 0.2) is 0 Å². The van der Waals surface area contributed by atoms with Crippen LogP contribution in [0.15, 0.2) is 29.4 Å². The van der Waals surface area contributed by atoms with Crippen LogP contribution in [0.2, 0.25) is 5.02 Å². The highest BCUT2D eigenvalue weighted by Crippen LogP contribution is 2.26. The highest BCUT2D eigenvalue weighted by molar-refractivity contribution is 7.89. The number of hydrogen-bond donors (Lipinski definition) is 2. The minimum absolute atomic E-state index is 0.00347. The Hall–Kier alpha value is -1.64. The van der Waals surface area contributed by atoms with E-state index in [2.05, 4.69) is 14.9 Å². The molecule has 3 N–H and O–H groups in total. The molecule has 1 heterocycles. The van der Waals surface area contributed by atoms with E-state index in [0.29, 0.717) is 5.82 Å². The van der Waals surface area contributed by atoms with Gasteiger partial charge in [0.25, 0.3) is 0 Å². The van der Waals surface area contributed by atoms with E-state index >= 15 is 0 Å². The van der Waals surface area contributed by atoms with Crippen LogP contribution in [-0.4, -0.2) is 23.2 Å². The summed E-state index contributed by atoms with van der Waals surface area (Å²) in [5.41, 5.74) is 5.74. The molecule has 7 nitrogen and oxygen atoms in total. The molecule has 0 spiro atoms. The van der Waals surface area contributed by atoms with Gasteiger partial charge in [0.05, 0.1) is 17.3 Å². The van der Waals surface area contributed by atoms with Crippen molar-refractivity contribution in [2.75, 3.05) is 5.73 Å². The Kier molecular flexibility index (Phi) is 3.74. The zero-order valence-electron chi connectivity index (χ0n) is 10.0. The molecule has 0 unspecified atom stereocenters. The van der Waals surface area contributed by atoms with Crippen molar-refractivity contribution in [2.24, 2.45) is 7.05 Å². The molecular weight excluding hydrogens is 290 g/mol. The largest absolute Gasteiger partial charge is 0.398 e. The van der Waals surface area contributed by atoms with Crippen LogP contribution in [0.25, 0.3) is 0 Å². The Labute approximate surface area is 115 Å². The van der Waals surface area contributed by atoms with Gasteiger partial charge in [-0.25, -0.2) is 13.1 Å². The van der Waals surface area contributed by atoms with Crippen LogP contribution in [0.1, 0.15) is 5.82 Å². The standard InChI is InChI=1S/C10H12ClN5O2S/c1-16-6-13-15-9(16)5-14-19(17,18)10-7(11)3-2-4-8(10)12/h2-4,6,14H,5,12H2,1H3. The second-order valence-corrected chi connectivity index (χ2v) is 5.95. The summed E-state index contributed by atoms with van der Waals surface area (Å²) in [7, 11) is -2.09. The van der Waals surface area contributed by atoms with Crippen LogP contribution in [-0.2, 0) is 23.6 Å². The fourth-order valence-electron chi connectivity index (χ4n) is 1.51. The molecule has 0 saturated carbocycles. The van der Waals surface area contributed by atoms with Crippen molar-refractivity contribution in [2.45, 2.75) is 11.4 Å². The van der Waals surface area contributed by atoms with Crippen LogP contribution >= 0.6 is 11.6 Å². The van der Waals surface area contributed by atoms with Gasteiger partial charge in [-0.2, -0.15) is 0 Å². The maximum atomic E-state index is 12.1. The number of nitrogens with zero attached hydrogens (tertiary/aromatic N) is 3. The molecule has 102 valence electrons. The summed E-state index contributed by atoms with van der Waals surface area (Å²) in [6.45, 7) is 0.00347. The highest BCUT2D eigenvalue weighted by atomic mass is 35.5. The molecule has 0 amide bonds. The van der Waals surface area contributed by atoms with Gasteiger partial charge in [0.1, 0.15) is 17.0 Å². The molecule has 0 saturated heterocycles. The summed E-state index contributed by atoms with van der Waals surface area (Å²) in [6, 6.07) is 4.52. The Balaban J connectivity index is 2.26. The Bertz CT molecular complexity index is 677. The second kappa shape index (κ2) is 5.16. The topological polar surface area (TPSA) is 103 Å². The van der Waals surface area contributed by atoms with Crippen molar-refractivity contribution >= 4 is 27.3 Å². The average molecular weight is 302 g/mol. The molecule has 0 atom stereocenters. The third-order valence-corrected chi connectivity index (χ3v) is 4.44. The number of anilines is 1. The average Bonchev–Trinajstić information content (AvgIpc) is 2.72. The van der Waals surface area contributed by atoms with Crippen molar-refractivity contribution in [3.05, 3.63) is 35.4 Å². The van der Waals surface area contributed by atoms with Gasteiger partial charge in [-0.3, -0.25) is 0 Å². The fraction of sp³-hybridized carbons (Fsp3) is 0.200. The van der Waals surface area contributed by atoms with Crippen LogP contribution in [0.4, 0.5) is 5.69 Å². The summed E-state index contributed by atoms with van der Waals surface area (Å²) in [6.07, 6.45) is 1.48. The number of nitrogen functional groups attached to an aromatic ring is 1. The van der Waals surface area contributed by atoms with Crippen LogP contribution in [0.5, 0.6) is 0 Å². The Morgan fingerprint density at radius 2 is 2.21 bits per heavy atom. The summed E-state index contributed by atoms with van der Waals surface area (Å²) in [4.78, 5) is -0.126. The van der Waals surface area contributed by atoms with Crippen LogP contribution < -0.4 is 10.5 Å². The van der Waals surface area contributed by atoms with Crippen molar-refractivity contribution in [3.63, 3.8) is 0 Å². The molecule has 0 aliphatic rings. The van der Waals surface area contributed by atoms with E-state index in [0.717, 1.165) is 0 Å². The molecule has 0 fully saturated rings. The molecule has 0 bridgehead atoms. The van der Waals surface area contributed by atoms with Crippen molar-refractivity contribution < 1.29 is 8.42 Å². The molecule has 0 aliphatic heterocycles. The van der Waals surface area contributed by atoms with Crippen LogP contribution in [0, 0.1) is 0 Å². The molecule has 0 aliphatic carbocycles. The van der Waals surface area contributed by atoms with Gasteiger partial charge in [-0.05, 0) is 12.1 Å². The number of nitrogens with one attached hydrogen (secondary N) is 1. The first-order valence-electron chi connectivity index (χ1n) is 5.28. The maximum Gasteiger partial charge on any atom is 0.244 e. The number of nitrogens with two attached hydrogens (primary N) is 1. The van der Waals surface area contributed by atoms with E-state index < -0.39 is 10.0 Å². The second-order valence-electron chi connectivity index (χ2n) is 3.84. The highest BCUT2D eigenvalue weighted by Gasteiger charge is 2.21. The van der Waals surface area contributed by atoms with Gasteiger partial charge in [-0.15, -0.1) is 10.2 Å². The van der Waals surface area contributed by atoms with Crippen molar-refractivity contribution in [1.82, 2.24) is 19.5 Å². The predicted molar refractivity (Wildman–Crippen MR) is 70.9 cm³/mol. The predicted octanol–water partition coefficient (Wildman–Crippen LogP) is 0.529. The normalized spacial score (nSPS) is 11.7. The van der Waals surface area contributed by atoms with Crippen molar-refractivity contribution in [1.29, 1.82) is 0 Å². The lowest BCUT2D eigenvalue weighted by Crippen LogP contribution is -2.25. The zero-order chi connectivity index (χ0) is 14.0. The monoisotopic (exact) mass is 301 g/mol. The minimum Gasteiger partial charge on any atom is -0.398 e. The SMILES string of the molecule is Cn1cnnc1CNS(=O)(=O)c1c(N)cccc1Cl. The summed E-state index contributed by atoms with van der Waals surface area (Å²) < 4.78 is 28.3. The Morgan fingerprint density at radius 1 is 1.47 bits per heavy atom. The lowest BCUT2D eigenvalue weighted by molar-refractivity contribution is 0.578. The maximum absolute atomic E-state index is 12.1. The molecule has 9 heteroatoms. The number of rotatable bonds is 4. The fourth-order valence-corrected chi connectivity index (χ4v) is 3.16. The smallest absolute Gasteiger partial charge is 0.244 e. The lowest BCUT2D eigenvalue weighted by atomic mass is 10.3.